The van der Waals surface area contributed by atoms with E-state index in [1.54, 1.807) is 18.7 Å². The lowest BCUT2D eigenvalue weighted by Crippen LogP contribution is -2.37. The van der Waals surface area contributed by atoms with E-state index in [4.69, 9.17) is 0 Å². The van der Waals surface area contributed by atoms with E-state index < -0.39 is 0 Å². The molecule has 0 atom stereocenters. The standard InChI is InChI=1S/C19H20N6O/c1-24(2)18-15-7-10-25(11-16(15)22-12-23-18)19(26)14-6-4-3-5-13(14)17-20-8-9-21-17/h3-6,8-9,12H,7,10-11H2,1-2H3,(H,20,21). The van der Waals surface area contributed by atoms with Crippen LogP contribution >= 0.6 is 0 Å². The molecule has 2 aromatic heterocycles. The van der Waals surface area contributed by atoms with Crippen molar-refractivity contribution in [3.63, 3.8) is 0 Å². The highest BCUT2D eigenvalue weighted by atomic mass is 16.2. The second-order valence-corrected chi connectivity index (χ2v) is 6.48. The summed E-state index contributed by atoms with van der Waals surface area (Å²) in [5.74, 6) is 1.62. The summed E-state index contributed by atoms with van der Waals surface area (Å²) in [6.07, 6.45) is 5.76. The van der Waals surface area contributed by atoms with Crippen LogP contribution in [0.3, 0.4) is 0 Å². The average Bonchev–Trinajstić information content (AvgIpc) is 3.21. The molecular formula is C19H20N6O. The highest BCUT2D eigenvalue weighted by molar-refractivity contribution is 6.00. The van der Waals surface area contributed by atoms with Gasteiger partial charge in [-0.15, -0.1) is 0 Å². The molecule has 1 N–H and O–H groups in total. The first-order valence-electron chi connectivity index (χ1n) is 8.53. The number of hydrogen-bond donors (Lipinski definition) is 1. The molecule has 0 aliphatic carbocycles. The quantitative estimate of drug-likeness (QED) is 0.784. The number of imidazole rings is 1. The number of aromatic nitrogens is 4. The lowest BCUT2D eigenvalue weighted by atomic mass is 10.0. The second-order valence-electron chi connectivity index (χ2n) is 6.48. The van der Waals surface area contributed by atoms with Crippen molar-refractivity contribution in [3.05, 3.63) is 59.8 Å². The lowest BCUT2D eigenvalue weighted by molar-refractivity contribution is 0.0732. The Kier molecular flexibility index (Phi) is 4.12. The Morgan fingerprint density at radius 3 is 2.81 bits per heavy atom. The Bertz CT molecular complexity index is 935. The number of amides is 1. The summed E-state index contributed by atoms with van der Waals surface area (Å²) in [7, 11) is 3.94. The van der Waals surface area contributed by atoms with E-state index >= 15 is 0 Å². The topological polar surface area (TPSA) is 78.0 Å². The summed E-state index contributed by atoms with van der Waals surface area (Å²) >= 11 is 0. The molecule has 1 aromatic carbocycles. The van der Waals surface area contributed by atoms with Gasteiger partial charge < -0.3 is 14.8 Å². The summed E-state index contributed by atoms with van der Waals surface area (Å²) in [6.45, 7) is 1.14. The fourth-order valence-corrected chi connectivity index (χ4v) is 3.35. The van der Waals surface area contributed by atoms with Gasteiger partial charge in [0.15, 0.2) is 0 Å². The summed E-state index contributed by atoms with van der Waals surface area (Å²) in [6, 6.07) is 7.55. The third-order valence-electron chi connectivity index (χ3n) is 4.61. The summed E-state index contributed by atoms with van der Waals surface area (Å²) in [5, 5.41) is 0. The van der Waals surface area contributed by atoms with Crippen LogP contribution in [0, 0.1) is 0 Å². The Balaban J connectivity index is 1.65. The van der Waals surface area contributed by atoms with E-state index in [-0.39, 0.29) is 5.91 Å². The van der Waals surface area contributed by atoms with Crippen molar-refractivity contribution in [2.75, 3.05) is 25.5 Å². The minimum atomic E-state index is -0.00679. The van der Waals surface area contributed by atoms with Crippen LogP contribution in [-0.2, 0) is 13.0 Å². The largest absolute Gasteiger partial charge is 0.362 e. The highest BCUT2D eigenvalue weighted by Gasteiger charge is 2.27. The van der Waals surface area contributed by atoms with Crippen molar-refractivity contribution in [2.45, 2.75) is 13.0 Å². The van der Waals surface area contributed by atoms with Gasteiger partial charge in [0.2, 0.25) is 0 Å². The first-order chi connectivity index (χ1) is 12.6. The third-order valence-corrected chi connectivity index (χ3v) is 4.61. The van der Waals surface area contributed by atoms with Crippen molar-refractivity contribution >= 4 is 11.7 Å². The molecule has 4 rings (SSSR count). The van der Waals surface area contributed by atoms with Crippen LogP contribution in [0.4, 0.5) is 5.82 Å². The monoisotopic (exact) mass is 348 g/mol. The van der Waals surface area contributed by atoms with Crippen LogP contribution < -0.4 is 4.90 Å². The van der Waals surface area contributed by atoms with Crippen LogP contribution in [-0.4, -0.2) is 51.4 Å². The van der Waals surface area contributed by atoms with Crippen molar-refractivity contribution in [1.82, 2.24) is 24.8 Å². The SMILES string of the molecule is CN(C)c1ncnc2c1CCN(C(=O)c1ccccc1-c1ncc[nH]1)C2. The normalized spacial score (nSPS) is 13.4. The minimum absolute atomic E-state index is 0.00679. The molecule has 0 spiro atoms. The Morgan fingerprint density at radius 2 is 2.04 bits per heavy atom. The molecule has 0 unspecified atom stereocenters. The predicted octanol–water partition coefficient (Wildman–Crippen LogP) is 2.13. The molecule has 0 saturated heterocycles. The number of nitrogens with one attached hydrogen (secondary N) is 1. The molecule has 1 aliphatic heterocycles. The van der Waals surface area contributed by atoms with Crippen LogP contribution in [0.25, 0.3) is 11.4 Å². The van der Waals surface area contributed by atoms with Gasteiger partial charge in [0.25, 0.3) is 5.91 Å². The maximum atomic E-state index is 13.2. The minimum Gasteiger partial charge on any atom is -0.362 e. The molecule has 132 valence electrons. The van der Waals surface area contributed by atoms with Crippen LogP contribution in [0.1, 0.15) is 21.6 Å². The third kappa shape index (κ3) is 2.81. The number of carbonyl (C=O) groups excluding carboxylic acids is 1. The molecule has 7 heteroatoms. The summed E-state index contributed by atoms with van der Waals surface area (Å²) < 4.78 is 0. The number of anilines is 1. The van der Waals surface area contributed by atoms with Gasteiger partial charge in [-0.1, -0.05) is 18.2 Å². The molecule has 0 radical (unpaired) electrons. The molecule has 0 bridgehead atoms. The van der Waals surface area contributed by atoms with Crippen LogP contribution in [0.2, 0.25) is 0 Å². The maximum absolute atomic E-state index is 13.2. The van der Waals surface area contributed by atoms with Gasteiger partial charge in [-0.2, -0.15) is 0 Å². The first kappa shape index (κ1) is 16.3. The number of rotatable bonds is 3. The van der Waals surface area contributed by atoms with Crippen molar-refractivity contribution < 1.29 is 4.79 Å². The predicted molar refractivity (Wildman–Crippen MR) is 98.8 cm³/mol. The van der Waals surface area contributed by atoms with Gasteiger partial charge in [0.1, 0.15) is 18.0 Å². The Hall–Kier alpha value is -3.22. The number of carbonyl (C=O) groups is 1. The number of fused-ring (bicyclic) bond motifs is 1. The zero-order valence-electron chi connectivity index (χ0n) is 14.8. The van der Waals surface area contributed by atoms with Crippen molar-refractivity contribution in [3.8, 4) is 11.4 Å². The molecule has 1 amide bonds. The first-order valence-corrected chi connectivity index (χ1v) is 8.53. The van der Waals surface area contributed by atoms with E-state index in [1.165, 1.54) is 0 Å². The van der Waals surface area contributed by atoms with Gasteiger partial charge in [0.05, 0.1) is 17.8 Å². The van der Waals surface area contributed by atoms with E-state index in [9.17, 15) is 4.79 Å². The van der Waals surface area contributed by atoms with Gasteiger partial charge >= 0.3 is 0 Å². The van der Waals surface area contributed by atoms with Gasteiger partial charge in [0, 0.05) is 44.2 Å². The Morgan fingerprint density at radius 1 is 1.19 bits per heavy atom. The molecule has 7 nitrogen and oxygen atoms in total. The fourth-order valence-electron chi connectivity index (χ4n) is 3.35. The molecule has 0 fully saturated rings. The fraction of sp³-hybridized carbons (Fsp3) is 0.263. The smallest absolute Gasteiger partial charge is 0.254 e. The number of benzene rings is 1. The molecule has 1 aliphatic rings. The average molecular weight is 348 g/mol. The van der Waals surface area contributed by atoms with E-state index in [1.807, 2.05) is 48.2 Å². The molecule has 3 aromatic rings. The second kappa shape index (κ2) is 6.59. The zero-order chi connectivity index (χ0) is 18.1. The summed E-state index contributed by atoms with van der Waals surface area (Å²) in [5.41, 5.74) is 3.50. The van der Waals surface area contributed by atoms with E-state index in [0.717, 1.165) is 29.1 Å². The number of hydrogen-bond acceptors (Lipinski definition) is 5. The highest BCUT2D eigenvalue weighted by Crippen LogP contribution is 2.27. The number of aromatic amines is 1. The van der Waals surface area contributed by atoms with E-state index in [0.29, 0.717) is 24.5 Å². The molecule has 26 heavy (non-hydrogen) atoms. The van der Waals surface area contributed by atoms with Crippen molar-refractivity contribution in [2.24, 2.45) is 0 Å². The van der Waals surface area contributed by atoms with Crippen molar-refractivity contribution in [1.29, 1.82) is 0 Å². The Labute approximate surface area is 151 Å². The number of nitrogens with zero attached hydrogens (tertiary/aromatic N) is 5. The van der Waals surface area contributed by atoms with Gasteiger partial charge in [-0.25, -0.2) is 15.0 Å². The van der Waals surface area contributed by atoms with E-state index in [2.05, 4.69) is 19.9 Å². The van der Waals surface area contributed by atoms with Gasteiger partial charge in [-0.3, -0.25) is 4.79 Å². The molecule has 3 heterocycles. The molecular weight excluding hydrogens is 328 g/mol. The summed E-state index contributed by atoms with van der Waals surface area (Å²) in [4.78, 5) is 33.2. The maximum Gasteiger partial charge on any atom is 0.254 e. The molecule has 0 saturated carbocycles. The van der Waals surface area contributed by atoms with Crippen LogP contribution in [0.15, 0.2) is 43.0 Å². The zero-order valence-corrected chi connectivity index (χ0v) is 14.8. The van der Waals surface area contributed by atoms with Crippen LogP contribution in [0.5, 0.6) is 0 Å². The number of H-pyrrole nitrogens is 1. The van der Waals surface area contributed by atoms with Gasteiger partial charge in [-0.05, 0) is 12.5 Å². The lowest BCUT2D eigenvalue weighted by Gasteiger charge is -2.30.